The Morgan fingerprint density at radius 1 is 1.19 bits per heavy atom. The molecule has 0 fully saturated rings. The number of methoxy groups -OCH3 is 1. The lowest BCUT2D eigenvalue weighted by molar-refractivity contribution is -0.165. The maximum absolute atomic E-state index is 12.3. The molecule has 0 spiro atoms. The molecule has 0 saturated carbocycles. The van der Waals surface area contributed by atoms with E-state index in [2.05, 4.69) is 10.1 Å². The van der Waals surface area contributed by atoms with Crippen LogP contribution in [0.25, 0.3) is 0 Å². The van der Waals surface area contributed by atoms with E-state index in [1.807, 2.05) is 0 Å². The maximum Gasteiger partial charge on any atom is 0.344 e. The number of hydrogen-bond acceptors (Lipinski definition) is 6. The molecule has 1 aromatic heterocycles. The largest absolute Gasteiger partial charge is 0.467 e. The SMILES string of the molecule is COC(=O)[C@@](O)(Cn1cncn1)c1ccc(Oc2ccc(Cl)cc2)cc1Cl. The summed E-state index contributed by atoms with van der Waals surface area (Å²) in [6.45, 7) is -0.212. The van der Waals surface area contributed by atoms with E-state index in [-0.39, 0.29) is 17.1 Å². The lowest BCUT2D eigenvalue weighted by atomic mass is 9.93. The number of carbonyl (C=O) groups excluding carboxylic acids is 1. The molecule has 9 heteroatoms. The van der Waals surface area contributed by atoms with Crippen LogP contribution >= 0.6 is 23.2 Å². The number of benzene rings is 2. The number of nitrogens with zero attached hydrogens (tertiary/aromatic N) is 3. The third-order valence-electron chi connectivity index (χ3n) is 3.82. The van der Waals surface area contributed by atoms with E-state index in [1.165, 1.54) is 36.6 Å². The smallest absolute Gasteiger partial charge is 0.344 e. The van der Waals surface area contributed by atoms with Crippen molar-refractivity contribution in [2.24, 2.45) is 0 Å². The number of esters is 1. The molecule has 0 unspecified atom stereocenters. The molecule has 0 amide bonds. The number of halogens is 2. The Morgan fingerprint density at radius 3 is 2.48 bits per heavy atom. The first-order chi connectivity index (χ1) is 12.9. The monoisotopic (exact) mass is 407 g/mol. The molecular formula is C18H15Cl2N3O4. The summed E-state index contributed by atoms with van der Waals surface area (Å²) in [5, 5.41) is 15.6. The summed E-state index contributed by atoms with van der Waals surface area (Å²) in [5.41, 5.74) is -1.88. The van der Waals surface area contributed by atoms with Gasteiger partial charge in [0.05, 0.1) is 18.7 Å². The standard InChI is InChI=1S/C18H15Cl2N3O4/c1-26-17(24)18(25,9-23-11-21-10-22-23)15-7-6-14(8-16(15)20)27-13-4-2-12(19)3-5-13/h2-8,10-11,25H,9H2,1H3/t18-/m1/s1. The van der Waals surface area contributed by atoms with Gasteiger partial charge in [-0.05, 0) is 36.4 Å². The Kier molecular flexibility index (Phi) is 5.65. The van der Waals surface area contributed by atoms with E-state index in [9.17, 15) is 9.90 Å². The molecule has 0 aliphatic rings. The minimum Gasteiger partial charge on any atom is -0.467 e. The lowest BCUT2D eigenvalue weighted by Crippen LogP contribution is -2.41. The Balaban J connectivity index is 1.91. The number of rotatable bonds is 6. The minimum atomic E-state index is -2.04. The van der Waals surface area contributed by atoms with Crippen LogP contribution in [0, 0.1) is 0 Å². The van der Waals surface area contributed by atoms with Crippen LogP contribution in [-0.4, -0.2) is 33.0 Å². The van der Waals surface area contributed by atoms with Gasteiger partial charge in [-0.3, -0.25) is 0 Å². The van der Waals surface area contributed by atoms with Crippen LogP contribution in [0.5, 0.6) is 11.5 Å². The van der Waals surface area contributed by atoms with Crippen LogP contribution in [0.2, 0.25) is 10.0 Å². The highest BCUT2D eigenvalue weighted by Crippen LogP contribution is 2.35. The first kappa shape index (κ1) is 19.2. The molecule has 1 atom stereocenters. The summed E-state index contributed by atoms with van der Waals surface area (Å²) in [7, 11) is 1.18. The summed E-state index contributed by atoms with van der Waals surface area (Å²) in [6.07, 6.45) is 2.67. The average molecular weight is 408 g/mol. The molecule has 1 heterocycles. The van der Waals surface area contributed by atoms with E-state index < -0.39 is 11.6 Å². The van der Waals surface area contributed by atoms with Crippen LogP contribution in [0.4, 0.5) is 0 Å². The van der Waals surface area contributed by atoms with Crippen molar-refractivity contribution in [2.75, 3.05) is 7.11 Å². The topological polar surface area (TPSA) is 86.5 Å². The first-order valence-corrected chi connectivity index (χ1v) is 8.54. The Hall–Kier alpha value is -2.61. The Labute approximate surface area is 165 Å². The molecule has 1 N–H and O–H groups in total. The fourth-order valence-corrected chi connectivity index (χ4v) is 2.96. The van der Waals surface area contributed by atoms with Gasteiger partial charge in [0, 0.05) is 10.6 Å². The van der Waals surface area contributed by atoms with Crippen LogP contribution < -0.4 is 4.74 Å². The van der Waals surface area contributed by atoms with Crippen LogP contribution in [-0.2, 0) is 21.7 Å². The number of ether oxygens (including phenoxy) is 2. The van der Waals surface area contributed by atoms with Gasteiger partial charge in [-0.15, -0.1) is 0 Å². The van der Waals surface area contributed by atoms with Gasteiger partial charge in [0.25, 0.3) is 0 Å². The summed E-state index contributed by atoms with van der Waals surface area (Å²) in [5.74, 6) is 0.124. The van der Waals surface area contributed by atoms with E-state index in [0.717, 1.165) is 0 Å². The predicted octanol–water partition coefficient (Wildman–Crippen LogP) is 3.44. The number of aliphatic hydroxyl groups is 1. The van der Waals surface area contributed by atoms with Crippen molar-refractivity contribution >= 4 is 29.2 Å². The lowest BCUT2D eigenvalue weighted by Gasteiger charge is -2.26. The third kappa shape index (κ3) is 4.21. The maximum atomic E-state index is 12.3. The zero-order valence-electron chi connectivity index (χ0n) is 14.2. The quantitative estimate of drug-likeness (QED) is 0.629. The average Bonchev–Trinajstić information content (AvgIpc) is 3.15. The zero-order valence-corrected chi connectivity index (χ0v) is 15.7. The second-order valence-corrected chi connectivity index (χ2v) is 6.49. The highest BCUT2D eigenvalue weighted by molar-refractivity contribution is 6.32. The van der Waals surface area contributed by atoms with Crippen molar-refractivity contribution in [2.45, 2.75) is 12.1 Å². The van der Waals surface area contributed by atoms with Gasteiger partial charge in [0.15, 0.2) is 0 Å². The molecule has 3 aromatic rings. The highest BCUT2D eigenvalue weighted by Gasteiger charge is 2.42. The predicted molar refractivity (Wildman–Crippen MR) is 98.9 cm³/mol. The molecule has 3 rings (SSSR count). The highest BCUT2D eigenvalue weighted by atomic mass is 35.5. The van der Waals surface area contributed by atoms with Gasteiger partial charge in [0.2, 0.25) is 5.60 Å². The third-order valence-corrected chi connectivity index (χ3v) is 4.38. The molecule has 0 bridgehead atoms. The fourth-order valence-electron chi connectivity index (χ4n) is 2.51. The molecule has 0 saturated heterocycles. The molecule has 0 radical (unpaired) electrons. The second kappa shape index (κ2) is 7.96. The van der Waals surface area contributed by atoms with E-state index in [1.54, 1.807) is 30.3 Å². The molecule has 7 nitrogen and oxygen atoms in total. The van der Waals surface area contributed by atoms with Gasteiger partial charge in [0.1, 0.15) is 24.2 Å². The summed E-state index contributed by atoms with van der Waals surface area (Å²) < 4.78 is 11.8. The van der Waals surface area contributed by atoms with Crippen molar-refractivity contribution in [1.29, 1.82) is 0 Å². The summed E-state index contributed by atoms with van der Waals surface area (Å²) in [4.78, 5) is 16.1. The number of aromatic nitrogens is 3. The van der Waals surface area contributed by atoms with Crippen molar-refractivity contribution in [3.63, 3.8) is 0 Å². The van der Waals surface area contributed by atoms with Crippen LogP contribution in [0.3, 0.4) is 0 Å². The molecule has 140 valence electrons. The van der Waals surface area contributed by atoms with Crippen molar-refractivity contribution in [3.8, 4) is 11.5 Å². The van der Waals surface area contributed by atoms with E-state index in [0.29, 0.717) is 16.5 Å². The van der Waals surface area contributed by atoms with Crippen LogP contribution in [0.1, 0.15) is 5.56 Å². The Morgan fingerprint density at radius 2 is 1.89 bits per heavy atom. The zero-order chi connectivity index (χ0) is 19.4. The van der Waals surface area contributed by atoms with Gasteiger partial charge in [-0.25, -0.2) is 14.5 Å². The number of carbonyl (C=O) groups is 1. The van der Waals surface area contributed by atoms with Gasteiger partial charge in [-0.2, -0.15) is 5.10 Å². The van der Waals surface area contributed by atoms with Crippen molar-refractivity contribution in [3.05, 3.63) is 70.7 Å². The normalized spacial score (nSPS) is 13.0. The molecule has 2 aromatic carbocycles. The van der Waals surface area contributed by atoms with Crippen LogP contribution in [0.15, 0.2) is 55.1 Å². The number of hydrogen-bond donors (Lipinski definition) is 1. The van der Waals surface area contributed by atoms with Gasteiger partial charge < -0.3 is 14.6 Å². The summed E-state index contributed by atoms with van der Waals surface area (Å²) in [6, 6.07) is 11.4. The van der Waals surface area contributed by atoms with Crippen molar-refractivity contribution < 1.29 is 19.4 Å². The van der Waals surface area contributed by atoms with Gasteiger partial charge >= 0.3 is 5.97 Å². The van der Waals surface area contributed by atoms with Crippen molar-refractivity contribution in [1.82, 2.24) is 14.8 Å². The van der Waals surface area contributed by atoms with E-state index in [4.69, 9.17) is 32.7 Å². The fraction of sp³-hybridized carbons (Fsp3) is 0.167. The molecule has 0 aliphatic heterocycles. The molecule has 27 heavy (non-hydrogen) atoms. The molecular weight excluding hydrogens is 393 g/mol. The molecule has 0 aliphatic carbocycles. The summed E-state index contributed by atoms with van der Waals surface area (Å²) >= 11 is 12.2. The first-order valence-electron chi connectivity index (χ1n) is 7.79. The second-order valence-electron chi connectivity index (χ2n) is 5.64. The minimum absolute atomic E-state index is 0.134. The van der Waals surface area contributed by atoms with Gasteiger partial charge in [-0.1, -0.05) is 29.3 Å². The van der Waals surface area contributed by atoms with E-state index >= 15 is 0 Å². The Bertz CT molecular complexity index is 932.